The van der Waals surface area contributed by atoms with Crippen LogP contribution in [0.3, 0.4) is 0 Å². The molecule has 0 atom stereocenters. The van der Waals surface area contributed by atoms with Crippen molar-refractivity contribution in [3.63, 3.8) is 0 Å². The van der Waals surface area contributed by atoms with E-state index in [2.05, 4.69) is 4.98 Å². The Balaban J connectivity index is 0.00000450. The number of nitrogens with zero attached hydrogens (tertiary/aromatic N) is 2. The average Bonchev–Trinajstić information content (AvgIpc) is 2.72. The van der Waals surface area contributed by atoms with Gasteiger partial charge in [0.25, 0.3) is 0 Å². The molecule has 0 aliphatic heterocycles. The second-order valence-electron chi connectivity index (χ2n) is 5.91. The quantitative estimate of drug-likeness (QED) is 0.240. The minimum atomic E-state index is -0.801. The molecule has 3 radical (unpaired) electrons. The van der Waals surface area contributed by atoms with Crippen LogP contribution in [-0.4, -0.2) is 31.1 Å². The minimum absolute atomic E-state index is 0. The van der Waals surface area contributed by atoms with Crippen molar-refractivity contribution in [3.05, 3.63) is 76.9 Å². The second-order valence-corrected chi connectivity index (χ2v) is 5.91. The maximum Gasteiger partial charge on any atom is 0.344 e. The molecule has 7 nitrogen and oxygen atoms in total. The zero-order valence-electron chi connectivity index (χ0n) is 16.7. The van der Waals surface area contributed by atoms with Gasteiger partial charge in [0, 0.05) is 25.6 Å². The summed E-state index contributed by atoms with van der Waals surface area (Å²) in [4.78, 5) is 39.9. The van der Waals surface area contributed by atoms with Gasteiger partial charge in [-0.2, -0.15) is 10.2 Å². The van der Waals surface area contributed by atoms with Crippen molar-refractivity contribution >= 4 is 26.1 Å². The van der Waals surface area contributed by atoms with E-state index in [0.29, 0.717) is 11.1 Å². The van der Waals surface area contributed by atoms with Gasteiger partial charge in [0.1, 0.15) is 11.6 Å². The van der Waals surface area contributed by atoms with E-state index in [0.717, 1.165) is 0 Å². The Hall–Kier alpha value is -3.99. The van der Waals surface area contributed by atoms with Gasteiger partial charge in [-0.25, -0.2) is 9.59 Å². The second kappa shape index (κ2) is 11.1. The lowest BCUT2D eigenvalue weighted by Crippen LogP contribution is -2.13. The third-order valence-electron chi connectivity index (χ3n) is 3.71. The van der Waals surface area contributed by atoms with E-state index in [1.54, 1.807) is 37.3 Å². The van der Waals surface area contributed by atoms with Gasteiger partial charge in [-0.1, -0.05) is 30.4 Å². The fraction of sp³-hybridized carbons (Fsp3) is 0.136. The largest absolute Gasteiger partial charge is 0.404 e. The first-order valence-electron chi connectivity index (χ1n) is 8.61. The molecule has 8 heteroatoms. The fourth-order valence-corrected chi connectivity index (χ4v) is 2.14. The predicted octanol–water partition coefficient (Wildman–Crippen LogP) is 3.42. The van der Waals surface area contributed by atoms with Crippen molar-refractivity contribution < 1.29 is 23.9 Å². The zero-order valence-corrected chi connectivity index (χ0v) is 16.7. The number of ketones is 1. The number of nitriles is 1. The van der Waals surface area contributed by atoms with Crippen molar-refractivity contribution in [1.29, 1.82) is 5.26 Å². The fourth-order valence-electron chi connectivity index (χ4n) is 2.14. The Morgan fingerprint density at radius 1 is 1.07 bits per heavy atom. The molecule has 2 rings (SSSR count). The molecule has 149 valence electrons. The van der Waals surface area contributed by atoms with Crippen molar-refractivity contribution in [2.75, 3.05) is 0 Å². The molecule has 0 fully saturated rings. The number of Topliss-reactive ketones (excluding diaryl/α,β-unsaturated/α-hetero) is 1. The summed E-state index contributed by atoms with van der Waals surface area (Å²) in [6.07, 6.45) is 5.02. The Labute approximate surface area is 176 Å². The molecule has 1 aromatic heterocycles. The molecule has 0 spiro atoms. The maximum atomic E-state index is 12.4. The lowest BCUT2D eigenvalue weighted by molar-refractivity contribution is -0.130. The van der Waals surface area contributed by atoms with Crippen LogP contribution >= 0.6 is 0 Å². The number of ether oxygens (including phenoxy) is 2. The molecule has 2 aromatic rings. The molecule has 1 heterocycles. The smallest absolute Gasteiger partial charge is 0.344 e. The highest BCUT2D eigenvalue weighted by Crippen LogP contribution is 2.21. The van der Waals surface area contributed by atoms with Crippen LogP contribution in [0, 0.1) is 11.3 Å². The van der Waals surface area contributed by atoms with Crippen molar-refractivity contribution in [1.82, 2.24) is 4.98 Å². The van der Waals surface area contributed by atoms with Gasteiger partial charge in [0.05, 0.1) is 5.56 Å². The molecule has 0 unspecified atom stereocenters. The number of esters is 2. The third kappa shape index (κ3) is 6.28. The molecular formula is C22H18BN2O5. The summed E-state index contributed by atoms with van der Waals surface area (Å²) in [5.74, 6) is -2.06. The van der Waals surface area contributed by atoms with Gasteiger partial charge < -0.3 is 9.47 Å². The van der Waals surface area contributed by atoms with E-state index < -0.39 is 11.9 Å². The van der Waals surface area contributed by atoms with E-state index in [-0.39, 0.29) is 37.1 Å². The van der Waals surface area contributed by atoms with Crippen LogP contribution < -0.4 is 9.47 Å². The normalized spacial score (nSPS) is 10.7. The molecule has 0 aliphatic rings. The van der Waals surface area contributed by atoms with Crippen LogP contribution in [-0.2, 0) is 4.79 Å². The first kappa shape index (κ1) is 24.1. The maximum absolute atomic E-state index is 12.4. The molecular weight excluding hydrogens is 383 g/mol. The number of hydrogen-bond donors (Lipinski definition) is 0. The van der Waals surface area contributed by atoms with Crippen LogP contribution in [0.2, 0.25) is 0 Å². The SMILES string of the molecule is C/C=C\C=C(/C)C(=O)Oc1ccc(C#N)c(OC(=O)c2cccc(C(C)=O)c2)n1.[B]. The first-order valence-corrected chi connectivity index (χ1v) is 8.61. The minimum Gasteiger partial charge on any atom is -0.404 e. The molecule has 1 aromatic carbocycles. The number of rotatable bonds is 6. The van der Waals surface area contributed by atoms with E-state index in [1.165, 1.54) is 31.2 Å². The van der Waals surface area contributed by atoms with E-state index in [1.807, 2.05) is 13.0 Å². The van der Waals surface area contributed by atoms with Gasteiger partial charge in [-0.3, -0.25) is 4.79 Å². The summed E-state index contributed by atoms with van der Waals surface area (Å²) in [6.45, 7) is 4.77. The van der Waals surface area contributed by atoms with Crippen molar-refractivity contribution in [2.45, 2.75) is 20.8 Å². The summed E-state index contributed by atoms with van der Waals surface area (Å²) in [7, 11) is 0. The van der Waals surface area contributed by atoms with Crippen LogP contribution in [0.5, 0.6) is 11.8 Å². The molecule has 0 saturated heterocycles. The molecule has 0 aliphatic carbocycles. The molecule has 0 saturated carbocycles. The molecule has 0 amide bonds. The lowest BCUT2D eigenvalue weighted by Gasteiger charge is -2.08. The van der Waals surface area contributed by atoms with Crippen LogP contribution in [0.4, 0.5) is 0 Å². The van der Waals surface area contributed by atoms with Crippen LogP contribution in [0.15, 0.2) is 60.2 Å². The first-order chi connectivity index (χ1) is 13.8. The van der Waals surface area contributed by atoms with E-state index in [9.17, 15) is 19.6 Å². The summed E-state index contributed by atoms with van der Waals surface area (Å²) >= 11 is 0. The average molecular weight is 401 g/mol. The monoisotopic (exact) mass is 401 g/mol. The Bertz CT molecular complexity index is 1070. The highest BCUT2D eigenvalue weighted by molar-refractivity contribution is 5.98. The standard InChI is InChI=1S/C22H18N2O5.B/c1-4-5-7-14(2)21(26)28-19-11-10-18(13-23)20(24-19)29-22(27)17-9-6-8-16(12-17)15(3)25;/h4-12H,1-3H3;/b5-4-,14-7+;. The van der Waals surface area contributed by atoms with Gasteiger partial charge in [-0.05, 0) is 39.0 Å². The van der Waals surface area contributed by atoms with Gasteiger partial charge >= 0.3 is 11.9 Å². The zero-order chi connectivity index (χ0) is 21.4. The van der Waals surface area contributed by atoms with Gasteiger partial charge in [0.2, 0.25) is 11.8 Å². The highest BCUT2D eigenvalue weighted by Gasteiger charge is 2.17. The molecule has 0 bridgehead atoms. The van der Waals surface area contributed by atoms with E-state index >= 15 is 0 Å². The van der Waals surface area contributed by atoms with E-state index in [4.69, 9.17) is 9.47 Å². The Morgan fingerprint density at radius 2 is 1.77 bits per heavy atom. The predicted molar refractivity (Wildman–Crippen MR) is 110 cm³/mol. The van der Waals surface area contributed by atoms with Crippen LogP contribution in [0.1, 0.15) is 47.1 Å². The number of hydrogen-bond acceptors (Lipinski definition) is 7. The lowest BCUT2D eigenvalue weighted by atomic mass is 10.1. The number of allylic oxidation sites excluding steroid dienone is 3. The highest BCUT2D eigenvalue weighted by atomic mass is 16.6. The number of carbonyl (C=O) groups is 3. The van der Waals surface area contributed by atoms with Crippen LogP contribution in [0.25, 0.3) is 0 Å². The molecule has 30 heavy (non-hydrogen) atoms. The summed E-state index contributed by atoms with van der Waals surface area (Å²) in [5.41, 5.74) is 0.797. The summed E-state index contributed by atoms with van der Waals surface area (Å²) in [5, 5.41) is 9.23. The summed E-state index contributed by atoms with van der Waals surface area (Å²) < 4.78 is 10.4. The topological polar surface area (TPSA) is 106 Å². The Kier molecular flexibility index (Phi) is 8.92. The molecule has 0 N–H and O–H groups in total. The van der Waals surface area contributed by atoms with Gasteiger partial charge in [0.15, 0.2) is 5.78 Å². The number of pyridine rings is 1. The van der Waals surface area contributed by atoms with Crippen molar-refractivity contribution in [3.8, 4) is 17.8 Å². The van der Waals surface area contributed by atoms with Crippen molar-refractivity contribution in [2.24, 2.45) is 0 Å². The Morgan fingerprint density at radius 3 is 2.40 bits per heavy atom. The number of aromatic nitrogens is 1. The third-order valence-corrected chi connectivity index (χ3v) is 3.71. The summed E-state index contributed by atoms with van der Waals surface area (Å²) in [6, 6.07) is 10.5. The number of carbonyl (C=O) groups excluding carboxylic acids is 3. The van der Waals surface area contributed by atoms with Gasteiger partial charge in [-0.15, -0.1) is 0 Å². The number of benzene rings is 1.